The second-order valence-corrected chi connectivity index (χ2v) is 8.09. The number of aromatic nitrogens is 2. The molecule has 1 aromatic heterocycles. The number of hydrogen-bond acceptors (Lipinski definition) is 5. The predicted molar refractivity (Wildman–Crippen MR) is 116 cm³/mol. The van der Waals surface area contributed by atoms with Crippen LogP contribution in [0.3, 0.4) is 0 Å². The van der Waals surface area contributed by atoms with E-state index in [1.54, 1.807) is 0 Å². The molecule has 0 spiro atoms. The molecule has 3 aromatic rings. The molecule has 8 heteroatoms. The van der Waals surface area contributed by atoms with Crippen LogP contribution in [-0.4, -0.2) is 28.1 Å². The number of rotatable bonds is 7. The minimum atomic E-state index is -0.765. The molecule has 2 aromatic carbocycles. The van der Waals surface area contributed by atoms with Crippen LogP contribution in [0.4, 0.5) is 9.52 Å². The summed E-state index contributed by atoms with van der Waals surface area (Å²) in [5, 5.41) is 14.8. The van der Waals surface area contributed by atoms with E-state index in [-0.39, 0.29) is 17.4 Å². The summed E-state index contributed by atoms with van der Waals surface area (Å²) in [5.41, 5.74) is 2.32. The second kappa shape index (κ2) is 9.58. The summed E-state index contributed by atoms with van der Waals surface area (Å²) in [6, 6.07) is 12.3. The molecule has 1 heterocycles. The van der Waals surface area contributed by atoms with Gasteiger partial charge in [-0.15, -0.1) is 10.2 Å². The maximum absolute atomic E-state index is 13.1. The normalized spacial score (nSPS) is 12.8. The molecule has 2 atom stereocenters. The number of nitrogens with zero attached hydrogens (tertiary/aromatic N) is 2. The standard InChI is InChI=1S/C22H23FN4O2S/c1-4-14(3)18(24-19(28)15-8-10-17(23)11-9-15)20(29)25-22-27-26-21(30-22)16-7-5-6-13(2)12-16/h5-12,14,18H,4H2,1-3H3,(H,24,28)(H,25,27,29). The fourth-order valence-electron chi connectivity index (χ4n) is 2.88. The van der Waals surface area contributed by atoms with Crippen LogP contribution in [-0.2, 0) is 4.79 Å². The van der Waals surface area contributed by atoms with Crippen LogP contribution >= 0.6 is 11.3 Å². The van der Waals surface area contributed by atoms with Gasteiger partial charge in [-0.2, -0.15) is 0 Å². The largest absolute Gasteiger partial charge is 0.340 e. The molecule has 0 saturated heterocycles. The summed E-state index contributed by atoms with van der Waals surface area (Å²) >= 11 is 1.27. The lowest BCUT2D eigenvalue weighted by molar-refractivity contribution is -0.119. The summed E-state index contributed by atoms with van der Waals surface area (Å²) in [6.45, 7) is 5.82. The molecule has 156 valence electrons. The van der Waals surface area contributed by atoms with Crippen molar-refractivity contribution in [3.63, 3.8) is 0 Å². The van der Waals surface area contributed by atoms with E-state index in [1.807, 2.05) is 45.0 Å². The summed E-state index contributed by atoms with van der Waals surface area (Å²) < 4.78 is 13.1. The van der Waals surface area contributed by atoms with Crippen molar-refractivity contribution in [3.05, 3.63) is 65.5 Å². The van der Waals surface area contributed by atoms with E-state index in [4.69, 9.17) is 0 Å². The molecule has 0 radical (unpaired) electrons. The fraction of sp³-hybridized carbons (Fsp3) is 0.273. The van der Waals surface area contributed by atoms with Crippen molar-refractivity contribution in [2.45, 2.75) is 33.2 Å². The van der Waals surface area contributed by atoms with Crippen molar-refractivity contribution in [2.75, 3.05) is 5.32 Å². The zero-order valence-electron chi connectivity index (χ0n) is 17.0. The maximum atomic E-state index is 13.1. The highest BCUT2D eigenvalue weighted by Gasteiger charge is 2.27. The summed E-state index contributed by atoms with van der Waals surface area (Å²) in [5.74, 6) is -1.35. The van der Waals surface area contributed by atoms with Crippen LogP contribution in [0.15, 0.2) is 48.5 Å². The first-order valence-electron chi connectivity index (χ1n) is 9.65. The van der Waals surface area contributed by atoms with Gasteiger partial charge >= 0.3 is 0 Å². The molecule has 2 amide bonds. The highest BCUT2D eigenvalue weighted by molar-refractivity contribution is 7.18. The highest BCUT2D eigenvalue weighted by atomic mass is 32.1. The van der Waals surface area contributed by atoms with E-state index in [2.05, 4.69) is 20.8 Å². The Labute approximate surface area is 178 Å². The van der Waals surface area contributed by atoms with Gasteiger partial charge in [-0.3, -0.25) is 14.9 Å². The molecule has 0 aliphatic carbocycles. The number of amides is 2. The number of hydrogen-bond donors (Lipinski definition) is 2. The Morgan fingerprint density at radius 1 is 1.13 bits per heavy atom. The van der Waals surface area contributed by atoms with Crippen molar-refractivity contribution in [1.82, 2.24) is 15.5 Å². The number of carbonyl (C=O) groups is 2. The first-order valence-corrected chi connectivity index (χ1v) is 10.5. The maximum Gasteiger partial charge on any atom is 0.251 e. The van der Waals surface area contributed by atoms with Crippen LogP contribution in [0.5, 0.6) is 0 Å². The average Bonchev–Trinajstić information content (AvgIpc) is 3.20. The monoisotopic (exact) mass is 426 g/mol. The Morgan fingerprint density at radius 3 is 2.53 bits per heavy atom. The molecule has 0 saturated carbocycles. The molecule has 6 nitrogen and oxygen atoms in total. The molecule has 3 rings (SSSR count). The van der Waals surface area contributed by atoms with Gasteiger partial charge in [0.2, 0.25) is 11.0 Å². The fourth-order valence-corrected chi connectivity index (χ4v) is 3.62. The summed E-state index contributed by atoms with van der Waals surface area (Å²) in [4.78, 5) is 25.4. The third kappa shape index (κ3) is 5.27. The Morgan fingerprint density at radius 2 is 1.87 bits per heavy atom. The van der Waals surface area contributed by atoms with Gasteiger partial charge in [-0.05, 0) is 43.2 Å². The van der Waals surface area contributed by atoms with E-state index in [0.29, 0.717) is 16.6 Å². The highest BCUT2D eigenvalue weighted by Crippen LogP contribution is 2.27. The van der Waals surface area contributed by atoms with Crippen molar-refractivity contribution in [2.24, 2.45) is 5.92 Å². The third-order valence-corrected chi connectivity index (χ3v) is 5.70. The van der Waals surface area contributed by atoms with Crippen LogP contribution in [0, 0.1) is 18.7 Å². The molecule has 0 bridgehead atoms. The minimum Gasteiger partial charge on any atom is -0.340 e. The van der Waals surface area contributed by atoms with Crippen molar-refractivity contribution < 1.29 is 14.0 Å². The Balaban J connectivity index is 1.73. The summed E-state index contributed by atoms with van der Waals surface area (Å²) in [7, 11) is 0. The van der Waals surface area contributed by atoms with Crippen molar-refractivity contribution in [3.8, 4) is 10.6 Å². The molecular weight excluding hydrogens is 403 g/mol. The molecule has 30 heavy (non-hydrogen) atoms. The predicted octanol–water partition coefficient (Wildman–Crippen LogP) is 4.44. The minimum absolute atomic E-state index is 0.112. The third-order valence-electron chi connectivity index (χ3n) is 4.81. The van der Waals surface area contributed by atoms with Crippen LogP contribution in [0.2, 0.25) is 0 Å². The number of carbonyl (C=O) groups excluding carboxylic acids is 2. The number of nitrogens with one attached hydrogen (secondary N) is 2. The van der Waals surface area contributed by atoms with Crippen LogP contribution < -0.4 is 10.6 Å². The number of halogens is 1. The Kier molecular flexibility index (Phi) is 6.89. The van der Waals surface area contributed by atoms with E-state index in [9.17, 15) is 14.0 Å². The van der Waals surface area contributed by atoms with Crippen LogP contribution in [0.1, 0.15) is 36.2 Å². The van der Waals surface area contributed by atoms with Crippen LogP contribution in [0.25, 0.3) is 10.6 Å². The number of benzene rings is 2. The first kappa shape index (κ1) is 21.6. The van der Waals surface area contributed by atoms with E-state index < -0.39 is 17.8 Å². The van der Waals surface area contributed by atoms with E-state index >= 15 is 0 Å². The lowest BCUT2D eigenvalue weighted by Gasteiger charge is -2.23. The average molecular weight is 427 g/mol. The number of anilines is 1. The van der Waals surface area contributed by atoms with Gasteiger partial charge < -0.3 is 5.32 Å². The Bertz CT molecular complexity index is 1040. The van der Waals surface area contributed by atoms with Crippen molar-refractivity contribution >= 4 is 28.3 Å². The zero-order chi connectivity index (χ0) is 21.7. The topological polar surface area (TPSA) is 84.0 Å². The van der Waals surface area contributed by atoms with Gasteiger partial charge in [0.05, 0.1) is 0 Å². The van der Waals surface area contributed by atoms with Gasteiger partial charge in [0, 0.05) is 11.1 Å². The molecular formula is C22H23FN4O2S. The molecule has 2 unspecified atom stereocenters. The van der Waals surface area contributed by atoms with E-state index in [0.717, 1.165) is 11.1 Å². The second-order valence-electron chi connectivity index (χ2n) is 7.11. The van der Waals surface area contributed by atoms with E-state index in [1.165, 1.54) is 35.6 Å². The van der Waals surface area contributed by atoms with Gasteiger partial charge in [0.1, 0.15) is 16.9 Å². The van der Waals surface area contributed by atoms with Gasteiger partial charge in [-0.1, -0.05) is 55.4 Å². The lowest BCUT2D eigenvalue weighted by Crippen LogP contribution is -2.47. The Hall–Kier alpha value is -3.13. The zero-order valence-corrected chi connectivity index (χ0v) is 17.8. The summed E-state index contributed by atoms with van der Waals surface area (Å²) in [6.07, 6.45) is 0.687. The van der Waals surface area contributed by atoms with Gasteiger partial charge in [-0.25, -0.2) is 4.39 Å². The molecule has 0 aliphatic rings. The van der Waals surface area contributed by atoms with Gasteiger partial charge in [0.25, 0.3) is 5.91 Å². The smallest absolute Gasteiger partial charge is 0.251 e. The van der Waals surface area contributed by atoms with Gasteiger partial charge in [0.15, 0.2) is 0 Å². The molecule has 0 fully saturated rings. The lowest BCUT2D eigenvalue weighted by atomic mass is 9.98. The van der Waals surface area contributed by atoms with Crippen molar-refractivity contribution in [1.29, 1.82) is 0 Å². The number of aryl methyl sites for hydroxylation is 1. The SMILES string of the molecule is CCC(C)C(NC(=O)c1ccc(F)cc1)C(=O)Nc1nnc(-c2cccc(C)c2)s1. The molecule has 2 N–H and O–H groups in total. The first-order chi connectivity index (χ1) is 14.4. The molecule has 0 aliphatic heterocycles. The quantitative estimate of drug-likeness (QED) is 0.585.